The molecule has 0 bridgehead atoms. The molecule has 7 nitrogen and oxygen atoms in total. The number of carboxylic acid groups (broad SMARTS) is 1. The molecule has 2 amide bonds. The molecule has 130 valence electrons. The van der Waals surface area contributed by atoms with Crippen molar-refractivity contribution in [3.63, 3.8) is 0 Å². The van der Waals surface area contributed by atoms with Crippen molar-refractivity contribution in [2.75, 3.05) is 32.1 Å². The van der Waals surface area contributed by atoms with Gasteiger partial charge in [0.05, 0.1) is 13.0 Å². The Labute approximate surface area is 140 Å². The Morgan fingerprint density at radius 1 is 1.42 bits per heavy atom. The molecule has 1 aromatic carbocycles. The zero-order chi connectivity index (χ0) is 17.7. The summed E-state index contributed by atoms with van der Waals surface area (Å²) in [6.07, 6.45) is 0.592. The number of amides is 2. The average molecular weight is 334 g/mol. The van der Waals surface area contributed by atoms with E-state index in [1.54, 1.807) is 37.3 Å². The van der Waals surface area contributed by atoms with Crippen LogP contribution in [0.15, 0.2) is 24.3 Å². The minimum atomic E-state index is -0.879. The molecule has 0 aromatic heterocycles. The van der Waals surface area contributed by atoms with Gasteiger partial charge in [0.1, 0.15) is 5.75 Å². The minimum Gasteiger partial charge on any atom is -0.497 e. The van der Waals surface area contributed by atoms with Gasteiger partial charge < -0.3 is 19.6 Å². The molecule has 0 unspecified atom stereocenters. The highest BCUT2D eigenvalue weighted by Gasteiger charge is 2.36. The summed E-state index contributed by atoms with van der Waals surface area (Å²) in [4.78, 5) is 38.3. The molecule has 1 aliphatic heterocycles. The smallest absolute Gasteiger partial charge is 0.303 e. The molecule has 1 aliphatic rings. The number of benzene rings is 1. The number of carboxylic acids is 1. The number of anilines is 1. The summed E-state index contributed by atoms with van der Waals surface area (Å²) in [5.74, 6) is -0.852. The fraction of sp³-hybridized carbons (Fsp3) is 0.471. The third-order valence-corrected chi connectivity index (χ3v) is 4.10. The highest BCUT2D eigenvalue weighted by Crippen LogP contribution is 2.28. The second-order valence-electron chi connectivity index (χ2n) is 5.86. The third kappa shape index (κ3) is 4.24. The maximum Gasteiger partial charge on any atom is 0.303 e. The van der Waals surface area contributed by atoms with E-state index in [0.717, 1.165) is 0 Å². The molecule has 0 radical (unpaired) electrons. The molecular weight excluding hydrogens is 312 g/mol. The average Bonchev–Trinajstić information content (AvgIpc) is 2.95. The summed E-state index contributed by atoms with van der Waals surface area (Å²) in [6.45, 7) is 0.698. The van der Waals surface area contributed by atoms with Crippen LogP contribution in [0.4, 0.5) is 5.69 Å². The van der Waals surface area contributed by atoms with Crippen LogP contribution in [0.25, 0.3) is 0 Å². The molecule has 1 aromatic rings. The Kier molecular flexibility index (Phi) is 5.78. The molecule has 7 heteroatoms. The number of hydrogen-bond acceptors (Lipinski definition) is 4. The van der Waals surface area contributed by atoms with Crippen LogP contribution in [0.2, 0.25) is 0 Å². The van der Waals surface area contributed by atoms with Crippen LogP contribution in [0, 0.1) is 5.92 Å². The molecular formula is C17H22N2O5. The summed E-state index contributed by atoms with van der Waals surface area (Å²) in [6, 6.07) is 7.17. The highest BCUT2D eigenvalue weighted by atomic mass is 16.5. The van der Waals surface area contributed by atoms with E-state index in [9.17, 15) is 14.4 Å². The van der Waals surface area contributed by atoms with Crippen LogP contribution in [0.3, 0.4) is 0 Å². The fourth-order valence-electron chi connectivity index (χ4n) is 2.79. The number of carbonyl (C=O) groups excluding carboxylic acids is 2. The highest BCUT2D eigenvalue weighted by molar-refractivity contribution is 6.00. The maximum absolute atomic E-state index is 12.4. The van der Waals surface area contributed by atoms with Crippen LogP contribution in [-0.4, -0.2) is 55.0 Å². The lowest BCUT2D eigenvalue weighted by Crippen LogP contribution is -2.35. The zero-order valence-corrected chi connectivity index (χ0v) is 13.9. The summed E-state index contributed by atoms with van der Waals surface area (Å²) < 4.78 is 5.16. The van der Waals surface area contributed by atoms with Crippen molar-refractivity contribution >= 4 is 23.5 Å². The Morgan fingerprint density at radius 3 is 2.83 bits per heavy atom. The van der Waals surface area contributed by atoms with E-state index < -0.39 is 11.9 Å². The molecule has 24 heavy (non-hydrogen) atoms. The van der Waals surface area contributed by atoms with Gasteiger partial charge in [0.2, 0.25) is 11.8 Å². The van der Waals surface area contributed by atoms with Gasteiger partial charge in [0.15, 0.2) is 0 Å². The van der Waals surface area contributed by atoms with E-state index in [1.807, 2.05) is 6.07 Å². The number of carbonyl (C=O) groups is 3. The lowest BCUT2D eigenvalue weighted by molar-refractivity contribution is -0.138. The van der Waals surface area contributed by atoms with Gasteiger partial charge in [-0.05, 0) is 18.6 Å². The first-order valence-corrected chi connectivity index (χ1v) is 7.83. The lowest BCUT2D eigenvalue weighted by Gasteiger charge is -2.21. The number of methoxy groups -OCH3 is 1. The van der Waals surface area contributed by atoms with Crippen molar-refractivity contribution < 1.29 is 24.2 Å². The van der Waals surface area contributed by atoms with Crippen molar-refractivity contribution in [3.05, 3.63) is 24.3 Å². The number of rotatable bonds is 7. The van der Waals surface area contributed by atoms with E-state index in [2.05, 4.69) is 0 Å². The molecule has 0 aliphatic carbocycles. The van der Waals surface area contributed by atoms with E-state index in [0.29, 0.717) is 30.9 Å². The van der Waals surface area contributed by atoms with Gasteiger partial charge in [-0.2, -0.15) is 0 Å². The van der Waals surface area contributed by atoms with Gasteiger partial charge in [0, 0.05) is 44.7 Å². The largest absolute Gasteiger partial charge is 0.497 e. The summed E-state index contributed by atoms with van der Waals surface area (Å²) in [5.41, 5.74) is 0.711. The zero-order valence-electron chi connectivity index (χ0n) is 13.9. The second kappa shape index (κ2) is 7.81. The summed E-state index contributed by atoms with van der Waals surface area (Å²) in [5, 5.41) is 8.65. The Bertz CT molecular complexity index is 631. The molecule has 1 saturated heterocycles. The molecule has 1 N–H and O–H groups in total. The van der Waals surface area contributed by atoms with E-state index in [1.165, 1.54) is 4.90 Å². The second-order valence-corrected chi connectivity index (χ2v) is 5.86. The Morgan fingerprint density at radius 2 is 2.17 bits per heavy atom. The van der Waals surface area contributed by atoms with Crippen molar-refractivity contribution in [2.24, 2.45) is 5.92 Å². The summed E-state index contributed by atoms with van der Waals surface area (Å²) >= 11 is 0. The van der Waals surface area contributed by atoms with Crippen molar-refractivity contribution in [1.29, 1.82) is 0 Å². The van der Waals surface area contributed by atoms with Crippen LogP contribution in [0.5, 0.6) is 5.75 Å². The van der Waals surface area contributed by atoms with Crippen LogP contribution in [0.1, 0.15) is 19.3 Å². The lowest BCUT2D eigenvalue weighted by atomic mass is 10.1. The molecule has 1 atom stereocenters. The standard InChI is InChI=1S/C17H22N2O5/c1-18(8-4-7-16(21)22)17(23)12-9-15(20)19(11-12)13-5-3-6-14(10-13)24-2/h3,5-6,10,12H,4,7-9,11H2,1-2H3,(H,21,22)/t12-/m1/s1. The van der Waals surface area contributed by atoms with Gasteiger partial charge >= 0.3 is 5.97 Å². The molecule has 0 spiro atoms. The number of ether oxygens (including phenoxy) is 1. The number of hydrogen-bond donors (Lipinski definition) is 1. The first-order valence-electron chi connectivity index (χ1n) is 7.83. The first-order chi connectivity index (χ1) is 11.4. The molecule has 1 heterocycles. The van der Waals surface area contributed by atoms with E-state index in [-0.39, 0.29) is 24.7 Å². The Hall–Kier alpha value is -2.57. The predicted molar refractivity (Wildman–Crippen MR) is 88.0 cm³/mol. The fourth-order valence-corrected chi connectivity index (χ4v) is 2.79. The van der Waals surface area contributed by atoms with Gasteiger partial charge in [-0.25, -0.2) is 0 Å². The van der Waals surface area contributed by atoms with Crippen LogP contribution in [-0.2, 0) is 14.4 Å². The van der Waals surface area contributed by atoms with Gasteiger partial charge in [-0.3, -0.25) is 14.4 Å². The van der Waals surface area contributed by atoms with Gasteiger partial charge in [0.25, 0.3) is 0 Å². The van der Waals surface area contributed by atoms with E-state index >= 15 is 0 Å². The Balaban J connectivity index is 1.98. The maximum atomic E-state index is 12.4. The summed E-state index contributed by atoms with van der Waals surface area (Å²) in [7, 11) is 3.20. The quantitative estimate of drug-likeness (QED) is 0.814. The topological polar surface area (TPSA) is 87.2 Å². The first kappa shape index (κ1) is 17.8. The monoisotopic (exact) mass is 334 g/mol. The normalized spacial score (nSPS) is 17.0. The van der Waals surface area contributed by atoms with E-state index in [4.69, 9.17) is 9.84 Å². The predicted octanol–water partition coefficient (Wildman–Crippen LogP) is 1.37. The van der Waals surface area contributed by atoms with Crippen LogP contribution < -0.4 is 9.64 Å². The SMILES string of the molecule is COc1cccc(N2C[C@H](C(=O)N(C)CCCC(=O)O)CC2=O)c1. The van der Waals surface area contributed by atoms with Crippen LogP contribution >= 0.6 is 0 Å². The van der Waals surface area contributed by atoms with Crippen molar-refractivity contribution in [2.45, 2.75) is 19.3 Å². The molecule has 0 saturated carbocycles. The number of nitrogens with zero attached hydrogens (tertiary/aromatic N) is 2. The third-order valence-electron chi connectivity index (χ3n) is 4.10. The van der Waals surface area contributed by atoms with Crippen molar-refractivity contribution in [3.8, 4) is 5.75 Å². The van der Waals surface area contributed by atoms with Crippen molar-refractivity contribution in [1.82, 2.24) is 4.90 Å². The van der Waals surface area contributed by atoms with Gasteiger partial charge in [-0.1, -0.05) is 6.07 Å². The van der Waals surface area contributed by atoms with Gasteiger partial charge in [-0.15, -0.1) is 0 Å². The minimum absolute atomic E-state index is 0.0250. The molecule has 1 fully saturated rings. The molecule has 2 rings (SSSR count). The number of aliphatic carboxylic acids is 1.